The minimum Gasteiger partial charge on any atom is -0.378 e. The van der Waals surface area contributed by atoms with Crippen LogP contribution in [0.5, 0.6) is 0 Å². The van der Waals surface area contributed by atoms with Crippen LogP contribution in [0, 0.1) is 0 Å². The lowest BCUT2D eigenvalue weighted by molar-refractivity contribution is 0.122. The van der Waals surface area contributed by atoms with Crippen molar-refractivity contribution < 1.29 is 4.74 Å². The topological polar surface area (TPSA) is 43.2 Å². The highest BCUT2D eigenvalue weighted by Gasteiger charge is 2.17. The molecule has 1 fully saturated rings. The van der Waals surface area contributed by atoms with Crippen LogP contribution in [0.25, 0.3) is 22.4 Å². The fourth-order valence-electron chi connectivity index (χ4n) is 2.95. The van der Waals surface area contributed by atoms with E-state index in [1.54, 1.807) is 6.20 Å². The minimum absolute atomic E-state index is 0.611. The van der Waals surface area contributed by atoms with E-state index in [-0.39, 0.29) is 0 Å². The molecule has 0 saturated carbocycles. The molecule has 23 heavy (non-hydrogen) atoms. The summed E-state index contributed by atoms with van der Waals surface area (Å²) < 4.78 is 7.48. The Bertz CT molecular complexity index is 855. The lowest BCUT2D eigenvalue weighted by atomic mass is 10.2. The van der Waals surface area contributed by atoms with Gasteiger partial charge in [0.15, 0.2) is 0 Å². The molecule has 0 aliphatic carbocycles. The fourth-order valence-corrected chi connectivity index (χ4v) is 3.14. The first-order valence-electron chi connectivity index (χ1n) is 7.64. The third kappa shape index (κ3) is 2.56. The number of halogens is 1. The van der Waals surface area contributed by atoms with Crippen molar-refractivity contribution in [3.05, 3.63) is 41.6 Å². The van der Waals surface area contributed by atoms with Crippen molar-refractivity contribution in [3.8, 4) is 11.4 Å². The largest absolute Gasteiger partial charge is 0.378 e. The normalized spacial score (nSPS) is 15.3. The van der Waals surface area contributed by atoms with Crippen molar-refractivity contribution in [2.24, 2.45) is 7.05 Å². The van der Waals surface area contributed by atoms with Crippen LogP contribution >= 0.6 is 11.6 Å². The summed E-state index contributed by atoms with van der Waals surface area (Å²) in [7, 11) is 2.01. The molecule has 2 aromatic heterocycles. The average molecular weight is 329 g/mol. The third-order valence-corrected chi connectivity index (χ3v) is 4.51. The number of rotatable bonds is 2. The molecule has 1 aromatic carbocycles. The van der Waals surface area contributed by atoms with E-state index >= 15 is 0 Å². The molecule has 4 rings (SSSR count). The standard InChI is InChI=1S/C17H17ClN4O/c1-21-15-5-3-2-4-14(15)20-17(21)12-10-16(19-11-13(12)18)22-6-8-23-9-7-22/h2-5,10-11H,6-9H2,1H3. The number of imidazole rings is 1. The van der Waals surface area contributed by atoms with Gasteiger partial charge in [0.25, 0.3) is 0 Å². The Hall–Kier alpha value is -2.11. The van der Waals surface area contributed by atoms with Crippen LogP contribution in [-0.4, -0.2) is 40.8 Å². The smallest absolute Gasteiger partial charge is 0.142 e. The molecular weight excluding hydrogens is 312 g/mol. The van der Waals surface area contributed by atoms with Gasteiger partial charge in [-0.05, 0) is 18.2 Å². The second-order valence-corrected chi connectivity index (χ2v) is 6.01. The van der Waals surface area contributed by atoms with Crippen molar-refractivity contribution in [2.45, 2.75) is 0 Å². The second kappa shape index (κ2) is 5.83. The zero-order valence-electron chi connectivity index (χ0n) is 12.9. The van der Waals surface area contributed by atoms with Crippen LogP contribution in [0.4, 0.5) is 5.82 Å². The van der Waals surface area contributed by atoms with Crippen LogP contribution in [0.3, 0.4) is 0 Å². The van der Waals surface area contributed by atoms with Crippen molar-refractivity contribution >= 4 is 28.5 Å². The molecule has 1 aliphatic heterocycles. The first-order chi connectivity index (χ1) is 11.2. The van der Waals surface area contributed by atoms with E-state index in [0.29, 0.717) is 5.02 Å². The van der Waals surface area contributed by atoms with E-state index in [0.717, 1.165) is 54.5 Å². The van der Waals surface area contributed by atoms with Gasteiger partial charge >= 0.3 is 0 Å². The number of aromatic nitrogens is 3. The Morgan fingerprint density at radius 3 is 2.74 bits per heavy atom. The number of hydrogen-bond donors (Lipinski definition) is 0. The number of aryl methyl sites for hydroxylation is 1. The molecule has 0 bridgehead atoms. The van der Waals surface area contributed by atoms with Crippen LogP contribution in [0.1, 0.15) is 0 Å². The molecular formula is C17H17ClN4O. The minimum atomic E-state index is 0.611. The molecule has 0 atom stereocenters. The Morgan fingerprint density at radius 2 is 1.96 bits per heavy atom. The molecule has 0 radical (unpaired) electrons. The summed E-state index contributed by atoms with van der Waals surface area (Å²) in [4.78, 5) is 11.4. The lowest BCUT2D eigenvalue weighted by Crippen LogP contribution is -2.36. The van der Waals surface area contributed by atoms with Crippen molar-refractivity contribution in [3.63, 3.8) is 0 Å². The van der Waals surface area contributed by atoms with E-state index in [2.05, 4.69) is 20.5 Å². The van der Waals surface area contributed by atoms with Gasteiger partial charge in [-0.1, -0.05) is 23.7 Å². The van der Waals surface area contributed by atoms with E-state index < -0.39 is 0 Å². The Kier molecular flexibility index (Phi) is 3.67. The number of morpholine rings is 1. The van der Waals surface area contributed by atoms with Gasteiger partial charge in [-0.15, -0.1) is 0 Å². The molecule has 3 heterocycles. The van der Waals surface area contributed by atoms with Crippen molar-refractivity contribution in [1.82, 2.24) is 14.5 Å². The van der Waals surface area contributed by atoms with Gasteiger partial charge in [-0.3, -0.25) is 0 Å². The van der Waals surface area contributed by atoms with Crippen LogP contribution in [0.15, 0.2) is 36.5 Å². The van der Waals surface area contributed by atoms with Crippen LogP contribution < -0.4 is 4.90 Å². The van der Waals surface area contributed by atoms with E-state index in [9.17, 15) is 0 Å². The SMILES string of the molecule is Cn1c(-c2cc(N3CCOCC3)ncc2Cl)nc2ccccc21. The number of hydrogen-bond acceptors (Lipinski definition) is 4. The molecule has 5 nitrogen and oxygen atoms in total. The van der Waals surface area contributed by atoms with Crippen molar-refractivity contribution in [2.75, 3.05) is 31.2 Å². The molecule has 0 unspecified atom stereocenters. The summed E-state index contributed by atoms with van der Waals surface area (Å²) in [5, 5.41) is 0.611. The fraction of sp³-hybridized carbons (Fsp3) is 0.294. The van der Waals surface area contributed by atoms with E-state index in [1.807, 2.05) is 31.3 Å². The van der Waals surface area contributed by atoms with Crippen LogP contribution in [-0.2, 0) is 11.8 Å². The Balaban J connectivity index is 1.81. The molecule has 0 N–H and O–H groups in total. The maximum Gasteiger partial charge on any atom is 0.142 e. The van der Waals surface area contributed by atoms with Crippen molar-refractivity contribution in [1.29, 1.82) is 0 Å². The maximum absolute atomic E-state index is 6.41. The maximum atomic E-state index is 6.41. The summed E-state index contributed by atoms with van der Waals surface area (Å²) in [5.41, 5.74) is 2.95. The lowest BCUT2D eigenvalue weighted by Gasteiger charge is -2.28. The zero-order valence-corrected chi connectivity index (χ0v) is 13.6. The molecule has 1 saturated heterocycles. The van der Waals surface area contributed by atoms with Gasteiger partial charge in [0.05, 0.1) is 29.3 Å². The third-order valence-electron chi connectivity index (χ3n) is 4.20. The predicted molar refractivity (Wildman–Crippen MR) is 92.0 cm³/mol. The first-order valence-corrected chi connectivity index (χ1v) is 8.02. The number of nitrogens with zero attached hydrogens (tertiary/aromatic N) is 4. The molecule has 0 amide bonds. The molecule has 0 spiro atoms. The zero-order chi connectivity index (χ0) is 15.8. The Morgan fingerprint density at radius 1 is 1.17 bits per heavy atom. The van der Waals surface area contributed by atoms with Gasteiger partial charge < -0.3 is 14.2 Å². The average Bonchev–Trinajstić information content (AvgIpc) is 2.93. The van der Waals surface area contributed by atoms with E-state index in [4.69, 9.17) is 21.3 Å². The number of para-hydroxylation sites is 2. The monoisotopic (exact) mass is 328 g/mol. The number of ether oxygens (including phenoxy) is 1. The number of anilines is 1. The van der Waals surface area contributed by atoms with Gasteiger partial charge in [0, 0.05) is 31.9 Å². The van der Waals surface area contributed by atoms with Gasteiger partial charge in [0.1, 0.15) is 11.6 Å². The highest BCUT2D eigenvalue weighted by Crippen LogP contribution is 2.31. The molecule has 1 aliphatic rings. The number of benzene rings is 1. The number of pyridine rings is 1. The van der Waals surface area contributed by atoms with Gasteiger partial charge in [-0.25, -0.2) is 9.97 Å². The van der Waals surface area contributed by atoms with Crippen LogP contribution in [0.2, 0.25) is 5.02 Å². The predicted octanol–water partition coefficient (Wildman–Crippen LogP) is 3.13. The highest BCUT2D eigenvalue weighted by molar-refractivity contribution is 6.33. The summed E-state index contributed by atoms with van der Waals surface area (Å²) in [5.74, 6) is 1.77. The molecule has 3 aromatic rings. The first kappa shape index (κ1) is 14.5. The van der Waals surface area contributed by atoms with E-state index in [1.165, 1.54) is 0 Å². The number of fused-ring (bicyclic) bond motifs is 1. The summed E-state index contributed by atoms with van der Waals surface area (Å²) in [6.07, 6.45) is 1.71. The summed E-state index contributed by atoms with van der Waals surface area (Å²) in [6.45, 7) is 3.14. The molecule has 6 heteroatoms. The Labute approximate surface area is 139 Å². The molecule has 118 valence electrons. The summed E-state index contributed by atoms with van der Waals surface area (Å²) in [6, 6.07) is 10.1. The van der Waals surface area contributed by atoms with Gasteiger partial charge in [-0.2, -0.15) is 0 Å². The quantitative estimate of drug-likeness (QED) is 0.725. The second-order valence-electron chi connectivity index (χ2n) is 5.60. The highest BCUT2D eigenvalue weighted by atomic mass is 35.5. The summed E-state index contributed by atoms with van der Waals surface area (Å²) >= 11 is 6.41. The van der Waals surface area contributed by atoms with Gasteiger partial charge in [0.2, 0.25) is 0 Å².